The first kappa shape index (κ1) is 15.2. The average molecular weight is 284 g/mol. The van der Waals surface area contributed by atoms with Crippen LogP contribution in [0, 0.1) is 0 Å². The van der Waals surface area contributed by atoms with Gasteiger partial charge in [0.1, 0.15) is 5.75 Å². The van der Waals surface area contributed by atoms with E-state index in [1.165, 1.54) is 31.4 Å². The molecule has 0 aliphatic carbocycles. The summed E-state index contributed by atoms with van der Waals surface area (Å²) in [6, 6.07) is 3.99. The third-order valence-corrected chi connectivity index (χ3v) is 3.09. The summed E-state index contributed by atoms with van der Waals surface area (Å²) in [5.41, 5.74) is 1.07. The molecular weight excluding hydrogens is 268 g/mol. The normalized spacial score (nSPS) is 10.7. The number of benzene rings is 1. The molecule has 6 nitrogen and oxygen atoms in total. The molecule has 1 amide bonds. The second kappa shape index (κ2) is 5.85. The molecule has 0 atom stereocenters. The highest BCUT2D eigenvalue weighted by Gasteiger charge is 2.13. The molecular formula is C12H16N2O4S. The Labute approximate surface area is 112 Å². The van der Waals surface area contributed by atoms with Crippen LogP contribution < -0.4 is 15.2 Å². The standard InChI is InChI=1S/C12H16N2O4S/c1-8(2)6-12(15)14-10-7-9(19(13,16)17)4-5-11(10)18-3/h4-7H,1-3H3,(H,14,15)(H2,13,16,17). The zero-order valence-electron chi connectivity index (χ0n) is 10.9. The molecule has 7 heteroatoms. The minimum absolute atomic E-state index is 0.0965. The Bertz CT molecular complexity index is 617. The van der Waals surface area contributed by atoms with Gasteiger partial charge in [-0.15, -0.1) is 0 Å². The molecule has 0 aliphatic rings. The van der Waals surface area contributed by atoms with E-state index in [0.717, 1.165) is 5.57 Å². The van der Waals surface area contributed by atoms with Crippen LogP contribution in [0.15, 0.2) is 34.7 Å². The fourth-order valence-corrected chi connectivity index (χ4v) is 1.93. The van der Waals surface area contributed by atoms with Crippen molar-refractivity contribution in [2.45, 2.75) is 18.7 Å². The van der Waals surface area contributed by atoms with E-state index < -0.39 is 10.0 Å². The van der Waals surface area contributed by atoms with Crippen molar-refractivity contribution < 1.29 is 17.9 Å². The summed E-state index contributed by atoms with van der Waals surface area (Å²) in [5.74, 6) is -0.0206. The van der Waals surface area contributed by atoms with Gasteiger partial charge in [0.25, 0.3) is 0 Å². The lowest BCUT2D eigenvalue weighted by molar-refractivity contribution is -0.112. The largest absolute Gasteiger partial charge is 0.495 e. The van der Waals surface area contributed by atoms with Crippen molar-refractivity contribution in [3.05, 3.63) is 29.8 Å². The number of methoxy groups -OCH3 is 1. The predicted octanol–water partition coefficient (Wildman–Crippen LogP) is 1.25. The molecule has 0 spiro atoms. The molecule has 19 heavy (non-hydrogen) atoms. The van der Waals surface area contributed by atoms with Gasteiger partial charge in [-0.1, -0.05) is 5.57 Å². The van der Waals surface area contributed by atoms with Gasteiger partial charge in [-0.05, 0) is 32.0 Å². The Balaban J connectivity index is 3.17. The number of anilines is 1. The smallest absolute Gasteiger partial charge is 0.248 e. The maximum atomic E-state index is 11.6. The Morgan fingerprint density at radius 1 is 1.37 bits per heavy atom. The molecule has 0 radical (unpaired) electrons. The number of ether oxygens (including phenoxy) is 1. The third kappa shape index (κ3) is 4.38. The lowest BCUT2D eigenvalue weighted by Crippen LogP contribution is -2.14. The number of nitrogens with one attached hydrogen (secondary N) is 1. The SMILES string of the molecule is COc1ccc(S(N)(=O)=O)cc1NC(=O)C=C(C)C. The number of nitrogens with two attached hydrogens (primary N) is 1. The quantitative estimate of drug-likeness (QED) is 0.813. The molecule has 0 aliphatic heterocycles. The van der Waals surface area contributed by atoms with Crippen molar-refractivity contribution in [3.8, 4) is 5.75 Å². The summed E-state index contributed by atoms with van der Waals surface area (Å²) in [7, 11) is -2.41. The molecule has 0 saturated carbocycles. The summed E-state index contributed by atoms with van der Waals surface area (Å²) in [6.07, 6.45) is 1.39. The van der Waals surface area contributed by atoms with Gasteiger partial charge in [0.15, 0.2) is 0 Å². The number of primary sulfonamides is 1. The van der Waals surface area contributed by atoms with Crippen molar-refractivity contribution in [2.75, 3.05) is 12.4 Å². The van der Waals surface area contributed by atoms with Crippen LogP contribution in [0.5, 0.6) is 5.75 Å². The van der Waals surface area contributed by atoms with Gasteiger partial charge in [-0.25, -0.2) is 13.6 Å². The second-order valence-corrected chi connectivity index (χ2v) is 5.68. The topological polar surface area (TPSA) is 98.5 Å². The minimum Gasteiger partial charge on any atom is -0.495 e. The Kier molecular flexibility index (Phi) is 4.68. The summed E-state index contributed by atoms with van der Waals surface area (Å²) in [4.78, 5) is 11.5. The number of hydrogen-bond acceptors (Lipinski definition) is 4. The first-order valence-electron chi connectivity index (χ1n) is 5.41. The Morgan fingerprint density at radius 2 is 2.00 bits per heavy atom. The van der Waals surface area contributed by atoms with Crippen LogP contribution in [0.25, 0.3) is 0 Å². The summed E-state index contributed by atoms with van der Waals surface area (Å²) >= 11 is 0. The predicted molar refractivity (Wildman–Crippen MR) is 72.4 cm³/mol. The van der Waals surface area contributed by atoms with Gasteiger partial charge in [0.2, 0.25) is 15.9 Å². The third-order valence-electron chi connectivity index (χ3n) is 2.18. The Hall–Kier alpha value is -1.86. The minimum atomic E-state index is -3.83. The van der Waals surface area contributed by atoms with E-state index in [2.05, 4.69) is 5.32 Å². The fraction of sp³-hybridized carbons (Fsp3) is 0.250. The second-order valence-electron chi connectivity index (χ2n) is 4.12. The van der Waals surface area contributed by atoms with Gasteiger partial charge in [0.05, 0.1) is 17.7 Å². The molecule has 0 unspecified atom stereocenters. The highest BCUT2D eigenvalue weighted by atomic mass is 32.2. The summed E-state index contributed by atoms with van der Waals surface area (Å²) < 4.78 is 27.6. The Morgan fingerprint density at radius 3 is 2.47 bits per heavy atom. The van der Waals surface area contributed by atoms with Gasteiger partial charge < -0.3 is 10.1 Å². The van der Waals surface area contributed by atoms with Crippen LogP contribution >= 0.6 is 0 Å². The molecule has 0 fully saturated rings. The molecule has 1 aromatic rings. The van der Waals surface area contributed by atoms with Crippen LogP contribution in [0.2, 0.25) is 0 Å². The van der Waals surface area contributed by atoms with E-state index >= 15 is 0 Å². The lowest BCUT2D eigenvalue weighted by Gasteiger charge is -2.10. The van der Waals surface area contributed by atoms with Gasteiger partial charge in [0, 0.05) is 6.08 Å². The molecule has 104 valence electrons. The maximum absolute atomic E-state index is 11.6. The van der Waals surface area contributed by atoms with E-state index in [1.54, 1.807) is 13.8 Å². The first-order chi connectivity index (χ1) is 8.74. The number of carbonyl (C=O) groups is 1. The molecule has 1 aromatic carbocycles. The van der Waals surface area contributed by atoms with Crippen LogP contribution in [-0.2, 0) is 14.8 Å². The van der Waals surface area contributed by atoms with Crippen LogP contribution in [-0.4, -0.2) is 21.4 Å². The number of rotatable bonds is 4. The van der Waals surface area contributed by atoms with E-state index in [0.29, 0.717) is 5.75 Å². The zero-order chi connectivity index (χ0) is 14.6. The van der Waals surface area contributed by atoms with Gasteiger partial charge in [-0.2, -0.15) is 0 Å². The number of carbonyl (C=O) groups excluding carboxylic acids is 1. The number of amides is 1. The number of sulfonamides is 1. The van der Waals surface area contributed by atoms with Crippen molar-refractivity contribution in [1.82, 2.24) is 0 Å². The first-order valence-corrected chi connectivity index (χ1v) is 6.95. The summed E-state index contributed by atoms with van der Waals surface area (Å²) in [5, 5.41) is 7.58. The van der Waals surface area contributed by atoms with Crippen LogP contribution in [0.1, 0.15) is 13.8 Å². The molecule has 0 aromatic heterocycles. The fourth-order valence-electron chi connectivity index (χ4n) is 1.39. The summed E-state index contributed by atoms with van der Waals surface area (Å²) in [6.45, 7) is 3.55. The highest BCUT2D eigenvalue weighted by molar-refractivity contribution is 7.89. The van der Waals surface area contributed by atoms with E-state index in [1.807, 2.05) is 0 Å². The number of hydrogen-bond donors (Lipinski definition) is 2. The molecule has 0 saturated heterocycles. The van der Waals surface area contributed by atoms with Crippen molar-refractivity contribution in [3.63, 3.8) is 0 Å². The van der Waals surface area contributed by atoms with Crippen molar-refractivity contribution in [1.29, 1.82) is 0 Å². The molecule has 3 N–H and O–H groups in total. The lowest BCUT2D eigenvalue weighted by atomic mass is 10.2. The van der Waals surface area contributed by atoms with Crippen molar-refractivity contribution >= 4 is 21.6 Å². The van der Waals surface area contributed by atoms with Gasteiger partial charge >= 0.3 is 0 Å². The van der Waals surface area contributed by atoms with Gasteiger partial charge in [-0.3, -0.25) is 4.79 Å². The molecule has 0 bridgehead atoms. The van der Waals surface area contributed by atoms with Crippen LogP contribution in [0.4, 0.5) is 5.69 Å². The molecule has 0 heterocycles. The van der Waals surface area contributed by atoms with E-state index in [4.69, 9.17) is 9.88 Å². The number of allylic oxidation sites excluding steroid dienone is 1. The zero-order valence-corrected chi connectivity index (χ0v) is 11.7. The maximum Gasteiger partial charge on any atom is 0.248 e. The average Bonchev–Trinajstić information content (AvgIpc) is 2.26. The monoisotopic (exact) mass is 284 g/mol. The van der Waals surface area contributed by atoms with E-state index in [9.17, 15) is 13.2 Å². The van der Waals surface area contributed by atoms with Crippen LogP contribution in [0.3, 0.4) is 0 Å². The highest BCUT2D eigenvalue weighted by Crippen LogP contribution is 2.27. The molecule has 1 rings (SSSR count). The van der Waals surface area contributed by atoms with Crippen molar-refractivity contribution in [2.24, 2.45) is 5.14 Å². The van der Waals surface area contributed by atoms with E-state index in [-0.39, 0.29) is 16.5 Å².